The Morgan fingerprint density at radius 3 is 2.41 bits per heavy atom. The van der Waals surface area contributed by atoms with Crippen molar-refractivity contribution in [1.82, 2.24) is 4.98 Å². The first-order chi connectivity index (χ1) is 12.7. The summed E-state index contributed by atoms with van der Waals surface area (Å²) in [4.78, 5) is 2.93. The van der Waals surface area contributed by atoms with Crippen molar-refractivity contribution < 1.29 is 33.0 Å². The van der Waals surface area contributed by atoms with E-state index in [9.17, 15) is 23.5 Å². The van der Waals surface area contributed by atoms with Crippen LogP contribution in [0.5, 0.6) is 17.2 Å². The van der Waals surface area contributed by atoms with E-state index >= 15 is 0 Å². The Hall–Kier alpha value is -3.36. The molecule has 1 heterocycles. The Labute approximate surface area is 151 Å². The number of ether oxygens (including phenoxy) is 2. The highest BCUT2D eigenvalue weighted by molar-refractivity contribution is 6.21. The van der Waals surface area contributed by atoms with Crippen molar-refractivity contribution in [1.29, 1.82) is 0 Å². The van der Waals surface area contributed by atoms with Gasteiger partial charge in [0.25, 0.3) is 0 Å². The third-order valence-electron chi connectivity index (χ3n) is 3.99. The lowest BCUT2D eigenvalue weighted by atomic mass is 9.98. The van der Waals surface area contributed by atoms with Crippen LogP contribution in [0.3, 0.4) is 0 Å². The molecule has 3 N–H and O–H groups in total. The topological polar surface area (TPSA) is 87.1 Å². The second kappa shape index (κ2) is 6.75. The summed E-state index contributed by atoms with van der Waals surface area (Å²) in [7, 11) is 1.44. The molecular weight excluding hydrogens is 365 g/mol. The monoisotopic (exact) mass is 380 g/mol. The van der Waals surface area contributed by atoms with Gasteiger partial charge in [0.1, 0.15) is 23.0 Å². The first-order valence-corrected chi connectivity index (χ1v) is 7.71. The minimum atomic E-state index is -4.80. The predicted octanol–water partition coefficient (Wildman–Crippen LogP) is 4.32. The summed E-state index contributed by atoms with van der Waals surface area (Å²) in [5.74, 6) is -0.136. The number of hydrogen-bond donors (Lipinski definition) is 3. The highest BCUT2D eigenvalue weighted by atomic mass is 19.4. The van der Waals surface area contributed by atoms with Crippen LogP contribution in [0.25, 0.3) is 10.9 Å². The number of H-pyrrole nitrogens is 1. The lowest BCUT2D eigenvalue weighted by Crippen LogP contribution is -2.17. The molecule has 9 heteroatoms. The smallest absolute Gasteiger partial charge is 0.507 e. The standard InChI is InChI=1S/C18H15F3N2O4/c1-9-16(17(23-25)13-6-3-10(26-2)8-15(13)24)12-5-4-11(7-14(12)22-9)27-18(19,20)21/h3-8,22,24-25H,1-2H3. The van der Waals surface area contributed by atoms with Crippen molar-refractivity contribution in [3.05, 3.63) is 53.2 Å². The van der Waals surface area contributed by atoms with Gasteiger partial charge in [-0.25, -0.2) is 0 Å². The van der Waals surface area contributed by atoms with Crippen LogP contribution in [0.1, 0.15) is 16.8 Å². The van der Waals surface area contributed by atoms with Gasteiger partial charge in [-0.15, -0.1) is 13.2 Å². The molecule has 0 unspecified atom stereocenters. The number of aromatic nitrogens is 1. The van der Waals surface area contributed by atoms with Gasteiger partial charge in [-0.2, -0.15) is 0 Å². The Bertz CT molecular complexity index is 1030. The number of fused-ring (bicyclic) bond motifs is 1. The minimum absolute atomic E-state index is 0.0587. The van der Waals surface area contributed by atoms with E-state index in [0.29, 0.717) is 27.9 Å². The van der Waals surface area contributed by atoms with Crippen molar-refractivity contribution in [2.24, 2.45) is 5.16 Å². The fraction of sp³-hybridized carbons (Fsp3) is 0.167. The summed E-state index contributed by atoms with van der Waals surface area (Å²) in [5.41, 5.74) is 1.63. The number of methoxy groups -OCH3 is 1. The van der Waals surface area contributed by atoms with Crippen molar-refractivity contribution in [3.8, 4) is 17.2 Å². The van der Waals surface area contributed by atoms with Gasteiger partial charge in [-0.3, -0.25) is 0 Å². The molecule has 0 fully saturated rings. The Kier molecular flexibility index (Phi) is 4.61. The van der Waals surface area contributed by atoms with Crippen LogP contribution in [-0.2, 0) is 0 Å². The van der Waals surface area contributed by atoms with E-state index in [1.54, 1.807) is 13.0 Å². The number of nitrogens with zero attached hydrogens (tertiary/aromatic N) is 1. The molecule has 2 aromatic carbocycles. The zero-order valence-electron chi connectivity index (χ0n) is 14.3. The van der Waals surface area contributed by atoms with Gasteiger partial charge >= 0.3 is 6.36 Å². The van der Waals surface area contributed by atoms with E-state index in [0.717, 1.165) is 6.07 Å². The molecule has 142 valence electrons. The van der Waals surface area contributed by atoms with Gasteiger partial charge in [0.05, 0.1) is 7.11 Å². The number of alkyl halides is 3. The zero-order chi connectivity index (χ0) is 19.8. The van der Waals surface area contributed by atoms with Crippen LogP contribution in [-0.4, -0.2) is 34.5 Å². The summed E-state index contributed by atoms with van der Waals surface area (Å²) >= 11 is 0. The Morgan fingerprint density at radius 1 is 1.11 bits per heavy atom. The number of aryl methyl sites for hydroxylation is 1. The average Bonchev–Trinajstić information content (AvgIpc) is 2.91. The molecule has 0 bridgehead atoms. The molecule has 0 spiro atoms. The number of aromatic hydroxyl groups is 1. The third-order valence-corrected chi connectivity index (χ3v) is 3.99. The van der Waals surface area contributed by atoms with Crippen molar-refractivity contribution >= 4 is 16.6 Å². The lowest BCUT2D eigenvalue weighted by Gasteiger charge is -2.10. The van der Waals surface area contributed by atoms with Gasteiger partial charge in [0.2, 0.25) is 0 Å². The number of oxime groups is 1. The van der Waals surface area contributed by atoms with E-state index in [4.69, 9.17) is 4.74 Å². The van der Waals surface area contributed by atoms with Crippen molar-refractivity contribution in [3.63, 3.8) is 0 Å². The molecule has 0 amide bonds. The van der Waals surface area contributed by atoms with Gasteiger partial charge in [0, 0.05) is 39.9 Å². The number of rotatable bonds is 4. The number of benzene rings is 2. The predicted molar refractivity (Wildman–Crippen MR) is 91.8 cm³/mol. The number of phenolic OH excluding ortho intramolecular Hbond substituents is 1. The maximum atomic E-state index is 12.4. The minimum Gasteiger partial charge on any atom is -0.507 e. The molecule has 0 aliphatic heterocycles. The molecule has 0 aliphatic carbocycles. The fourth-order valence-corrected chi connectivity index (χ4v) is 2.89. The van der Waals surface area contributed by atoms with Crippen LogP contribution < -0.4 is 9.47 Å². The summed E-state index contributed by atoms with van der Waals surface area (Å²) in [5, 5.41) is 23.6. The van der Waals surface area contributed by atoms with Gasteiger partial charge in [0.15, 0.2) is 0 Å². The first kappa shape index (κ1) is 18.4. The maximum Gasteiger partial charge on any atom is 0.573 e. The van der Waals surface area contributed by atoms with Crippen molar-refractivity contribution in [2.75, 3.05) is 7.11 Å². The molecule has 1 aromatic heterocycles. The first-order valence-electron chi connectivity index (χ1n) is 7.71. The second-order valence-electron chi connectivity index (χ2n) is 5.71. The number of halogens is 3. The molecule has 0 saturated heterocycles. The lowest BCUT2D eigenvalue weighted by molar-refractivity contribution is -0.274. The molecule has 0 saturated carbocycles. The van der Waals surface area contributed by atoms with E-state index in [1.165, 1.54) is 31.4 Å². The molecule has 0 radical (unpaired) electrons. The molecule has 0 aliphatic rings. The molecule has 27 heavy (non-hydrogen) atoms. The summed E-state index contributed by atoms with van der Waals surface area (Å²) in [6.45, 7) is 1.67. The van der Waals surface area contributed by atoms with Gasteiger partial charge in [-0.05, 0) is 31.2 Å². The molecular formula is C18H15F3N2O4. The number of phenols is 1. The molecule has 3 aromatic rings. The molecule has 6 nitrogen and oxygen atoms in total. The normalized spacial score (nSPS) is 12.4. The van der Waals surface area contributed by atoms with Crippen LogP contribution in [0.2, 0.25) is 0 Å². The quantitative estimate of drug-likeness (QED) is 0.357. The largest absolute Gasteiger partial charge is 0.573 e. The highest BCUT2D eigenvalue weighted by Crippen LogP contribution is 2.33. The van der Waals surface area contributed by atoms with E-state index < -0.39 is 6.36 Å². The Morgan fingerprint density at radius 2 is 1.81 bits per heavy atom. The van der Waals surface area contributed by atoms with E-state index in [1.807, 2.05) is 0 Å². The Balaban J connectivity index is 2.11. The van der Waals surface area contributed by atoms with Gasteiger partial charge < -0.3 is 24.8 Å². The van der Waals surface area contributed by atoms with Crippen LogP contribution >= 0.6 is 0 Å². The van der Waals surface area contributed by atoms with E-state index in [-0.39, 0.29) is 22.8 Å². The third kappa shape index (κ3) is 3.62. The number of hydrogen-bond acceptors (Lipinski definition) is 5. The molecule has 0 atom stereocenters. The van der Waals surface area contributed by atoms with Crippen molar-refractivity contribution in [2.45, 2.75) is 13.3 Å². The zero-order valence-corrected chi connectivity index (χ0v) is 14.3. The maximum absolute atomic E-state index is 12.4. The number of aromatic amines is 1. The SMILES string of the molecule is COc1ccc(C(=NO)c2c(C)[nH]c3cc(OC(F)(F)F)ccc23)c(O)c1. The summed E-state index contributed by atoms with van der Waals surface area (Å²) in [6.07, 6.45) is -4.80. The average molecular weight is 380 g/mol. The van der Waals surface area contributed by atoms with Crippen LogP contribution in [0.4, 0.5) is 13.2 Å². The number of nitrogens with one attached hydrogen (secondary N) is 1. The van der Waals surface area contributed by atoms with Crippen LogP contribution in [0.15, 0.2) is 41.6 Å². The summed E-state index contributed by atoms with van der Waals surface area (Å²) in [6, 6.07) is 8.24. The molecule has 3 rings (SSSR count). The van der Waals surface area contributed by atoms with Gasteiger partial charge in [-0.1, -0.05) is 5.16 Å². The fourth-order valence-electron chi connectivity index (χ4n) is 2.89. The summed E-state index contributed by atoms with van der Waals surface area (Å²) < 4.78 is 46.2. The van der Waals surface area contributed by atoms with E-state index in [2.05, 4.69) is 14.9 Å². The highest BCUT2D eigenvalue weighted by Gasteiger charge is 2.31. The van der Waals surface area contributed by atoms with Crippen LogP contribution in [0, 0.1) is 6.92 Å². The second-order valence-corrected chi connectivity index (χ2v) is 5.71.